The minimum Gasteiger partial charge on any atom is -0.360 e. The summed E-state index contributed by atoms with van der Waals surface area (Å²) in [4.78, 5) is 30.6. The van der Waals surface area contributed by atoms with Crippen molar-refractivity contribution in [3.63, 3.8) is 0 Å². The lowest BCUT2D eigenvalue weighted by atomic mass is 9.81. The maximum Gasteiger partial charge on any atom is 0.234 e. The van der Waals surface area contributed by atoms with Gasteiger partial charge in [-0.05, 0) is 80.0 Å². The lowest BCUT2D eigenvalue weighted by Crippen LogP contribution is -2.50. The molecule has 0 radical (unpaired) electrons. The van der Waals surface area contributed by atoms with Crippen molar-refractivity contribution in [3.8, 4) is 0 Å². The van der Waals surface area contributed by atoms with Crippen molar-refractivity contribution in [2.24, 2.45) is 5.92 Å². The minimum atomic E-state index is -0.750. The first-order chi connectivity index (χ1) is 17.5. The number of carbonyl (C=O) groups is 2. The summed E-state index contributed by atoms with van der Waals surface area (Å²) in [5.74, 6) is 0.0881. The summed E-state index contributed by atoms with van der Waals surface area (Å²) in [6.07, 6.45) is 7.83. The van der Waals surface area contributed by atoms with Crippen molar-refractivity contribution in [1.82, 2.24) is 4.90 Å². The fourth-order valence-electron chi connectivity index (χ4n) is 4.59. The van der Waals surface area contributed by atoms with Crippen LogP contribution in [0.1, 0.15) is 36.4 Å². The van der Waals surface area contributed by atoms with Gasteiger partial charge in [0.25, 0.3) is 0 Å². The monoisotopic (exact) mass is 570 g/mol. The number of benzene rings is 2. The van der Waals surface area contributed by atoms with E-state index in [1.807, 2.05) is 13.0 Å². The third-order valence-electron chi connectivity index (χ3n) is 6.56. The molecule has 0 aliphatic carbocycles. The number of ether oxygens (including phenoxy) is 1. The van der Waals surface area contributed by atoms with Crippen LogP contribution in [0.25, 0.3) is 0 Å². The Bertz CT molecular complexity index is 1100. The number of amides is 2. The van der Waals surface area contributed by atoms with Crippen LogP contribution in [-0.4, -0.2) is 67.0 Å². The molecule has 1 unspecified atom stereocenters. The molecule has 2 atom stereocenters. The lowest BCUT2D eigenvalue weighted by molar-refractivity contribution is -0.143. The second kappa shape index (κ2) is 13.3. The Balaban J connectivity index is 2.00. The summed E-state index contributed by atoms with van der Waals surface area (Å²) < 4.78 is 20.4. The molecule has 2 aromatic carbocycles. The zero-order chi connectivity index (χ0) is 27.2. The lowest BCUT2D eigenvalue weighted by Gasteiger charge is -2.43. The summed E-state index contributed by atoms with van der Waals surface area (Å²) >= 11 is 12.2. The van der Waals surface area contributed by atoms with Gasteiger partial charge >= 0.3 is 0 Å². The summed E-state index contributed by atoms with van der Waals surface area (Å²) in [6, 6.07) is 11.0. The molecule has 2 aromatic rings. The van der Waals surface area contributed by atoms with Crippen molar-refractivity contribution in [1.29, 1.82) is 0 Å². The average molecular weight is 572 g/mol. The van der Waals surface area contributed by atoms with Gasteiger partial charge in [-0.2, -0.15) is 0 Å². The molecule has 0 spiro atoms. The topological polar surface area (TPSA) is 49.9 Å². The third-order valence-corrected chi connectivity index (χ3v) is 8.46. The van der Waals surface area contributed by atoms with Gasteiger partial charge < -0.3 is 9.64 Å². The van der Waals surface area contributed by atoms with Crippen molar-refractivity contribution in [2.45, 2.75) is 32.2 Å². The van der Waals surface area contributed by atoms with E-state index in [-0.39, 0.29) is 25.0 Å². The number of halogens is 3. The van der Waals surface area contributed by atoms with Crippen LogP contribution < -0.4 is 4.90 Å². The van der Waals surface area contributed by atoms with E-state index < -0.39 is 27.8 Å². The number of anilines is 1. The predicted octanol–water partition coefficient (Wildman–Crippen LogP) is 6.40. The maximum absolute atomic E-state index is 14.4. The zero-order valence-corrected chi connectivity index (χ0v) is 24.3. The first-order valence-corrected chi connectivity index (χ1v) is 16.4. The number of likely N-dealkylation sites (tertiary alicyclic amines) is 1. The van der Waals surface area contributed by atoms with Crippen LogP contribution in [0.5, 0.6) is 0 Å². The highest BCUT2D eigenvalue weighted by Gasteiger charge is 2.43. The SMILES string of the molecule is Cc1ccc(F)cc1[C@@H]1C(C(=O)N(COCCS(C)(C)C)c2cccc(Cl)c2)CCC(=O)N1CCCCl. The van der Waals surface area contributed by atoms with E-state index in [2.05, 4.69) is 18.8 Å². The van der Waals surface area contributed by atoms with Gasteiger partial charge in [-0.25, -0.2) is 14.4 Å². The molecule has 5 nitrogen and oxygen atoms in total. The predicted molar refractivity (Wildman–Crippen MR) is 154 cm³/mol. The van der Waals surface area contributed by atoms with Crippen LogP contribution in [0, 0.1) is 18.7 Å². The van der Waals surface area contributed by atoms with Crippen molar-refractivity contribution in [2.75, 3.05) is 55.2 Å². The van der Waals surface area contributed by atoms with E-state index in [0.717, 1.165) is 11.3 Å². The number of aryl methyl sites for hydroxylation is 1. The molecule has 204 valence electrons. The van der Waals surface area contributed by atoms with Gasteiger partial charge in [0.05, 0.1) is 18.6 Å². The zero-order valence-electron chi connectivity index (χ0n) is 22.0. The normalized spacial score (nSPS) is 18.7. The molecule has 0 N–H and O–H groups in total. The summed E-state index contributed by atoms with van der Waals surface area (Å²) in [7, 11) is -0.750. The highest BCUT2D eigenvalue weighted by Crippen LogP contribution is 2.40. The molecule has 1 aliphatic heterocycles. The summed E-state index contributed by atoms with van der Waals surface area (Å²) in [6.45, 7) is 2.87. The van der Waals surface area contributed by atoms with Crippen LogP contribution >= 0.6 is 33.2 Å². The Labute approximate surface area is 231 Å². The number of piperidine rings is 1. The smallest absolute Gasteiger partial charge is 0.234 e. The fraction of sp³-hybridized carbons (Fsp3) is 0.500. The Morgan fingerprint density at radius 2 is 1.97 bits per heavy atom. The van der Waals surface area contributed by atoms with E-state index >= 15 is 0 Å². The number of alkyl halides is 1. The van der Waals surface area contributed by atoms with E-state index in [1.165, 1.54) is 12.1 Å². The molecule has 0 bridgehead atoms. The van der Waals surface area contributed by atoms with Gasteiger partial charge in [-0.15, -0.1) is 11.6 Å². The van der Waals surface area contributed by atoms with Crippen molar-refractivity contribution >= 4 is 50.7 Å². The van der Waals surface area contributed by atoms with Gasteiger partial charge in [-0.1, -0.05) is 23.7 Å². The highest BCUT2D eigenvalue weighted by atomic mass is 35.5. The van der Waals surface area contributed by atoms with Crippen LogP contribution in [0.4, 0.5) is 10.1 Å². The molecule has 2 amide bonds. The first-order valence-electron chi connectivity index (χ1n) is 12.4. The Kier molecular flexibility index (Phi) is 10.7. The van der Waals surface area contributed by atoms with Crippen LogP contribution in [0.3, 0.4) is 0 Å². The average Bonchev–Trinajstić information content (AvgIpc) is 2.83. The molecule has 0 saturated carbocycles. The number of rotatable bonds is 11. The molecule has 9 heteroatoms. The largest absolute Gasteiger partial charge is 0.360 e. The molecule has 1 aliphatic rings. The van der Waals surface area contributed by atoms with Crippen molar-refractivity contribution < 1.29 is 18.7 Å². The summed E-state index contributed by atoms with van der Waals surface area (Å²) in [5, 5.41) is 0.509. The minimum absolute atomic E-state index is 0.0541. The number of nitrogens with zero attached hydrogens (tertiary/aromatic N) is 2. The third kappa shape index (κ3) is 8.09. The second-order valence-corrected chi connectivity index (χ2v) is 15.7. The highest BCUT2D eigenvalue weighted by molar-refractivity contribution is 8.32. The van der Waals surface area contributed by atoms with E-state index in [4.69, 9.17) is 27.9 Å². The van der Waals surface area contributed by atoms with Gasteiger partial charge in [0.1, 0.15) is 12.5 Å². The number of carbonyl (C=O) groups excluding carboxylic acids is 2. The second-order valence-electron chi connectivity index (χ2n) is 10.3. The van der Waals surface area contributed by atoms with Gasteiger partial charge in [-0.3, -0.25) is 14.5 Å². The van der Waals surface area contributed by atoms with Crippen molar-refractivity contribution in [3.05, 3.63) is 64.4 Å². The number of hydrogen-bond acceptors (Lipinski definition) is 3. The Morgan fingerprint density at radius 3 is 2.65 bits per heavy atom. The van der Waals surface area contributed by atoms with E-state index in [9.17, 15) is 14.0 Å². The standard InChI is InChI=1S/C28H37Cl2FN2O3S/c1-20-9-10-22(31)18-25(20)27-24(11-12-26(34)32(27)14-6-13-29)28(35)33(19-36-15-16-37(2,3)4)23-8-5-7-21(30)17-23/h5,7-10,17-18,24,27H,6,11-16,19H2,1-4H3/t24?,27-/m0/s1. The molecule has 1 heterocycles. The summed E-state index contributed by atoms with van der Waals surface area (Å²) in [5.41, 5.74) is 2.09. The van der Waals surface area contributed by atoms with Crippen LogP contribution in [0.15, 0.2) is 42.5 Å². The van der Waals surface area contributed by atoms with E-state index in [1.54, 1.807) is 34.1 Å². The molecule has 0 aromatic heterocycles. The molecule has 1 saturated heterocycles. The molecule has 37 heavy (non-hydrogen) atoms. The fourth-order valence-corrected chi connectivity index (χ4v) is 5.52. The van der Waals surface area contributed by atoms with Gasteiger partial charge in [0.15, 0.2) is 0 Å². The van der Waals surface area contributed by atoms with Gasteiger partial charge in [0.2, 0.25) is 11.8 Å². The number of hydrogen-bond donors (Lipinski definition) is 0. The molecular weight excluding hydrogens is 534 g/mol. The maximum atomic E-state index is 14.4. The molecule has 3 rings (SSSR count). The van der Waals surface area contributed by atoms with Crippen LogP contribution in [0.2, 0.25) is 5.02 Å². The van der Waals surface area contributed by atoms with Crippen LogP contribution in [-0.2, 0) is 14.3 Å². The Morgan fingerprint density at radius 1 is 1.22 bits per heavy atom. The van der Waals surface area contributed by atoms with E-state index in [0.29, 0.717) is 48.1 Å². The molecule has 1 fully saturated rings. The quantitative estimate of drug-likeness (QED) is 0.178. The molecular formula is C28H37Cl2FN2O3S. The first kappa shape index (κ1) is 29.8. The van der Waals surface area contributed by atoms with Gasteiger partial charge in [0, 0.05) is 35.3 Å². The Hall–Kier alpha value is -1.80.